The van der Waals surface area contributed by atoms with Crippen molar-refractivity contribution in [2.45, 2.75) is 45.8 Å². The summed E-state index contributed by atoms with van der Waals surface area (Å²) < 4.78 is 19.5. The van der Waals surface area contributed by atoms with Crippen LogP contribution in [0.2, 0.25) is 0 Å². The number of benzene rings is 1. The van der Waals surface area contributed by atoms with Gasteiger partial charge in [-0.15, -0.1) is 0 Å². The van der Waals surface area contributed by atoms with Crippen molar-refractivity contribution in [1.82, 2.24) is 19.6 Å². The van der Waals surface area contributed by atoms with Gasteiger partial charge in [0.2, 0.25) is 5.91 Å². The van der Waals surface area contributed by atoms with Crippen molar-refractivity contribution < 1.29 is 23.8 Å². The molecule has 0 N–H and O–H groups in total. The number of ether oxygens (including phenoxy) is 3. The summed E-state index contributed by atoms with van der Waals surface area (Å²) in [7, 11) is 5.15. The van der Waals surface area contributed by atoms with Gasteiger partial charge in [0.05, 0.1) is 24.6 Å². The van der Waals surface area contributed by atoms with E-state index in [0.717, 1.165) is 41.8 Å². The average molecular weight is 539 g/mol. The molecule has 0 unspecified atom stereocenters. The Hall–Kier alpha value is -3.53. The van der Waals surface area contributed by atoms with E-state index < -0.39 is 0 Å². The fraction of sp³-hybridized carbons (Fsp3) is 0.464. The van der Waals surface area contributed by atoms with Crippen LogP contribution in [0, 0.1) is 5.92 Å². The third-order valence-corrected chi connectivity index (χ3v) is 7.81. The molecule has 10 heteroatoms. The first kappa shape index (κ1) is 26.1. The molecule has 3 aromatic rings. The van der Waals surface area contributed by atoms with Crippen LogP contribution in [-0.2, 0) is 11.4 Å². The van der Waals surface area contributed by atoms with Crippen molar-refractivity contribution in [3.8, 4) is 34.2 Å². The van der Waals surface area contributed by atoms with Crippen LogP contribution in [0.15, 0.2) is 29.0 Å². The lowest BCUT2D eigenvalue weighted by molar-refractivity contribution is -0.136. The fourth-order valence-electron chi connectivity index (χ4n) is 4.76. The number of likely N-dealkylation sites (N-methyl/N-ethyl adjacent to an activating group) is 2. The van der Waals surface area contributed by atoms with Gasteiger partial charge in [-0.1, -0.05) is 6.42 Å². The van der Waals surface area contributed by atoms with Crippen LogP contribution in [0.4, 0.5) is 0 Å². The minimum atomic E-state index is -0.209. The van der Waals surface area contributed by atoms with E-state index >= 15 is 0 Å². The van der Waals surface area contributed by atoms with Crippen LogP contribution in [0.25, 0.3) is 16.9 Å². The molecule has 2 aromatic heterocycles. The molecule has 38 heavy (non-hydrogen) atoms. The monoisotopic (exact) mass is 538 g/mol. The number of carbonyl (C=O) groups excluding carboxylic acids is 2. The molecule has 202 valence electrons. The summed E-state index contributed by atoms with van der Waals surface area (Å²) in [5.74, 6) is 1.91. The van der Waals surface area contributed by atoms with E-state index in [1.54, 1.807) is 35.3 Å². The smallest absolute Gasteiger partial charge is 0.274 e. The summed E-state index contributed by atoms with van der Waals surface area (Å²) in [6.07, 6.45) is 2.99. The Labute approximate surface area is 226 Å². The van der Waals surface area contributed by atoms with Gasteiger partial charge in [-0.3, -0.25) is 9.59 Å². The van der Waals surface area contributed by atoms with E-state index in [9.17, 15) is 9.59 Å². The Morgan fingerprint density at radius 2 is 1.95 bits per heavy atom. The summed E-state index contributed by atoms with van der Waals surface area (Å²) in [6, 6.07) is 5.69. The van der Waals surface area contributed by atoms with Crippen molar-refractivity contribution in [3.05, 3.63) is 40.2 Å². The minimum absolute atomic E-state index is 0.0483. The molecule has 0 atom stereocenters. The average Bonchev–Trinajstić information content (AvgIpc) is 3.53. The molecule has 0 bridgehead atoms. The van der Waals surface area contributed by atoms with E-state index in [1.165, 1.54) is 0 Å². The number of aromatic nitrogens is 2. The van der Waals surface area contributed by atoms with Crippen molar-refractivity contribution >= 4 is 23.2 Å². The lowest BCUT2D eigenvalue weighted by Crippen LogP contribution is -2.41. The second-order valence-electron chi connectivity index (χ2n) is 10.1. The van der Waals surface area contributed by atoms with Crippen LogP contribution in [0.5, 0.6) is 17.2 Å². The van der Waals surface area contributed by atoms with Crippen LogP contribution in [-0.4, -0.2) is 71.8 Å². The zero-order valence-electron chi connectivity index (χ0n) is 22.5. The minimum Gasteiger partial charge on any atom is -0.493 e. The van der Waals surface area contributed by atoms with Gasteiger partial charge in [0.1, 0.15) is 12.4 Å². The second-order valence-corrected chi connectivity index (χ2v) is 10.9. The standard InChI is InChI=1S/C28H34N4O5S/c1-17(2)37-24-13-20-22(14-23(24)35-5)36-15-21-25(29-32(26(20)21)19-9-12-38-16-19)28(34)31(4)11-10-30(3)27(33)18-7-6-8-18/h9,12-14,16-18H,6-8,10-11,15H2,1-5H3. The van der Waals surface area contributed by atoms with Gasteiger partial charge in [-0.2, -0.15) is 16.4 Å². The molecule has 1 aliphatic heterocycles. The Kier molecular flexibility index (Phi) is 7.34. The lowest BCUT2D eigenvalue weighted by atomic mass is 9.84. The first-order valence-electron chi connectivity index (χ1n) is 12.9. The van der Waals surface area contributed by atoms with Gasteiger partial charge in [-0.25, -0.2) is 4.68 Å². The Balaban J connectivity index is 1.48. The number of amides is 2. The molecule has 2 amide bonds. The zero-order chi connectivity index (χ0) is 27.0. The van der Waals surface area contributed by atoms with Crippen molar-refractivity contribution in [2.75, 3.05) is 34.3 Å². The molecular weight excluding hydrogens is 504 g/mol. The molecule has 9 nitrogen and oxygen atoms in total. The second kappa shape index (κ2) is 10.7. The van der Waals surface area contributed by atoms with Crippen molar-refractivity contribution in [3.63, 3.8) is 0 Å². The highest BCUT2D eigenvalue weighted by Gasteiger charge is 2.33. The van der Waals surface area contributed by atoms with Gasteiger partial charge in [0.25, 0.3) is 5.91 Å². The summed E-state index contributed by atoms with van der Waals surface area (Å²) in [5.41, 5.74) is 3.52. The molecule has 1 fully saturated rings. The Morgan fingerprint density at radius 1 is 1.18 bits per heavy atom. The molecular formula is C28H34N4O5S. The first-order valence-corrected chi connectivity index (χ1v) is 13.9. The molecule has 0 saturated heterocycles. The summed E-state index contributed by atoms with van der Waals surface area (Å²) in [4.78, 5) is 29.5. The number of carbonyl (C=O) groups is 2. The molecule has 1 aromatic carbocycles. The van der Waals surface area contributed by atoms with Gasteiger partial charge in [0, 0.05) is 55.7 Å². The van der Waals surface area contributed by atoms with Gasteiger partial charge < -0.3 is 24.0 Å². The van der Waals surface area contributed by atoms with Crippen LogP contribution in [0.3, 0.4) is 0 Å². The molecule has 0 spiro atoms. The Bertz CT molecular complexity index is 1330. The number of thiophene rings is 1. The molecule has 3 heterocycles. The third-order valence-electron chi connectivity index (χ3n) is 7.14. The topological polar surface area (TPSA) is 86.1 Å². The molecule has 5 rings (SSSR count). The number of rotatable bonds is 9. The quantitative estimate of drug-likeness (QED) is 0.395. The summed E-state index contributed by atoms with van der Waals surface area (Å²) >= 11 is 1.56. The van der Waals surface area contributed by atoms with E-state index in [1.807, 2.05) is 54.5 Å². The molecule has 2 aliphatic rings. The largest absolute Gasteiger partial charge is 0.493 e. The Morgan fingerprint density at radius 3 is 2.58 bits per heavy atom. The lowest BCUT2D eigenvalue weighted by Gasteiger charge is -2.30. The highest BCUT2D eigenvalue weighted by Crippen LogP contribution is 2.46. The van der Waals surface area contributed by atoms with E-state index in [4.69, 9.17) is 19.3 Å². The van der Waals surface area contributed by atoms with Crippen LogP contribution in [0.1, 0.15) is 49.2 Å². The number of hydrogen-bond donors (Lipinski definition) is 0. The normalized spacial score (nSPS) is 14.3. The van der Waals surface area contributed by atoms with Gasteiger partial charge in [-0.05, 0) is 44.2 Å². The van der Waals surface area contributed by atoms with E-state index in [2.05, 4.69) is 0 Å². The van der Waals surface area contributed by atoms with Crippen LogP contribution >= 0.6 is 11.3 Å². The maximum absolute atomic E-state index is 13.7. The van der Waals surface area contributed by atoms with Gasteiger partial charge in [0.15, 0.2) is 17.2 Å². The zero-order valence-corrected chi connectivity index (χ0v) is 23.3. The fourth-order valence-corrected chi connectivity index (χ4v) is 5.38. The first-order chi connectivity index (χ1) is 18.3. The molecule has 1 saturated carbocycles. The molecule has 0 radical (unpaired) electrons. The highest BCUT2D eigenvalue weighted by atomic mass is 32.1. The number of fused-ring (bicyclic) bond motifs is 3. The predicted molar refractivity (Wildman–Crippen MR) is 145 cm³/mol. The predicted octanol–water partition coefficient (Wildman–Crippen LogP) is 4.62. The number of methoxy groups -OCH3 is 1. The highest BCUT2D eigenvalue weighted by molar-refractivity contribution is 7.08. The summed E-state index contributed by atoms with van der Waals surface area (Å²) in [6.45, 7) is 5.00. The molecule has 1 aliphatic carbocycles. The number of nitrogens with zero attached hydrogens (tertiary/aromatic N) is 4. The maximum Gasteiger partial charge on any atom is 0.274 e. The van der Waals surface area contributed by atoms with E-state index in [0.29, 0.717) is 36.0 Å². The third kappa shape index (κ3) is 4.84. The maximum atomic E-state index is 13.7. The van der Waals surface area contributed by atoms with Crippen molar-refractivity contribution in [2.24, 2.45) is 5.92 Å². The SMILES string of the molecule is COc1cc2c(cc1OC(C)C)-c1c(c(C(=O)N(C)CCN(C)C(=O)C3CCC3)nn1-c1ccsc1)CO2. The van der Waals surface area contributed by atoms with Gasteiger partial charge >= 0.3 is 0 Å². The summed E-state index contributed by atoms with van der Waals surface area (Å²) in [5, 5.41) is 8.78. The van der Waals surface area contributed by atoms with Crippen molar-refractivity contribution in [1.29, 1.82) is 0 Å². The van der Waals surface area contributed by atoms with E-state index in [-0.39, 0.29) is 30.4 Å². The van der Waals surface area contributed by atoms with Crippen LogP contribution < -0.4 is 14.2 Å². The number of hydrogen-bond acceptors (Lipinski definition) is 7.